The van der Waals surface area contributed by atoms with Crippen LogP contribution < -0.4 is 0 Å². The van der Waals surface area contributed by atoms with Gasteiger partial charge in [-0.3, -0.25) is 0 Å². The van der Waals surface area contributed by atoms with E-state index in [4.69, 9.17) is 5.11 Å². The Morgan fingerprint density at radius 2 is 1.60 bits per heavy atom. The third-order valence-electron chi connectivity index (χ3n) is 2.78. The number of benzene rings is 1. The van der Waals surface area contributed by atoms with Crippen LogP contribution in [-0.4, -0.2) is 21.6 Å². The third kappa shape index (κ3) is 3.14. The number of phenols is 1. The summed E-state index contributed by atoms with van der Waals surface area (Å²) >= 11 is 1.85. The van der Waals surface area contributed by atoms with Crippen LogP contribution in [0.25, 0.3) is 0 Å². The lowest BCUT2D eigenvalue weighted by atomic mass is 9.97. The largest absolute Gasteiger partial charge is 0.508 e. The average Bonchev–Trinajstić information content (AvgIpc) is 2.25. The zero-order valence-electron chi connectivity index (χ0n) is 8.60. The standard InChI is InChI=1S/C12H16O2S/c13-9-1-5-11(6-2-9)15-12-7-3-10(14)4-8-12/h1-2,5-6,10,12-14H,3-4,7-8H2. The summed E-state index contributed by atoms with van der Waals surface area (Å²) < 4.78 is 0. The maximum Gasteiger partial charge on any atom is 0.115 e. The van der Waals surface area contributed by atoms with E-state index >= 15 is 0 Å². The van der Waals surface area contributed by atoms with Crippen molar-refractivity contribution in [1.82, 2.24) is 0 Å². The summed E-state index contributed by atoms with van der Waals surface area (Å²) in [5, 5.41) is 19.2. The molecule has 15 heavy (non-hydrogen) atoms. The third-order valence-corrected chi connectivity index (χ3v) is 4.13. The summed E-state index contributed by atoms with van der Waals surface area (Å²) in [6, 6.07) is 7.34. The zero-order valence-corrected chi connectivity index (χ0v) is 9.41. The molecule has 82 valence electrons. The van der Waals surface area contributed by atoms with Crippen molar-refractivity contribution in [3.05, 3.63) is 24.3 Å². The Balaban J connectivity index is 1.89. The van der Waals surface area contributed by atoms with Crippen LogP contribution >= 0.6 is 11.8 Å². The van der Waals surface area contributed by atoms with E-state index in [0.29, 0.717) is 11.0 Å². The van der Waals surface area contributed by atoms with Crippen molar-refractivity contribution in [3.63, 3.8) is 0 Å². The minimum atomic E-state index is -0.0818. The van der Waals surface area contributed by atoms with E-state index in [1.807, 2.05) is 23.9 Å². The molecule has 2 N–H and O–H groups in total. The molecule has 0 unspecified atom stereocenters. The van der Waals surface area contributed by atoms with E-state index < -0.39 is 0 Å². The number of rotatable bonds is 2. The molecule has 0 saturated heterocycles. The second kappa shape index (κ2) is 4.90. The Bertz CT molecular complexity index is 302. The van der Waals surface area contributed by atoms with Crippen molar-refractivity contribution < 1.29 is 10.2 Å². The van der Waals surface area contributed by atoms with Gasteiger partial charge in [0.05, 0.1) is 6.10 Å². The Kier molecular flexibility index (Phi) is 3.54. The number of hydrogen-bond acceptors (Lipinski definition) is 3. The molecular weight excluding hydrogens is 208 g/mol. The molecule has 1 fully saturated rings. The van der Waals surface area contributed by atoms with Crippen molar-refractivity contribution in [2.75, 3.05) is 0 Å². The number of aromatic hydroxyl groups is 1. The Morgan fingerprint density at radius 3 is 2.20 bits per heavy atom. The van der Waals surface area contributed by atoms with Gasteiger partial charge < -0.3 is 10.2 Å². The minimum Gasteiger partial charge on any atom is -0.508 e. The van der Waals surface area contributed by atoms with E-state index in [2.05, 4.69) is 0 Å². The molecule has 0 amide bonds. The molecule has 2 rings (SSSR count). The molecule has 3 heteroatoms. The van der Waals surface area contributed by atoms with Crippen LogP contribution in [0.1, 0.15) is 25.7 Å². The van der Waals surface area contributed by atoms with E-state index in [0.717, 1.165) is 25.7 Å². The molecule has 2 nitrogen and oxygen atoms in total. The molecule has 0 heterocycles. The number of aliphatic hydroxyl groups excluding tert-OH is 1. The molecule has 0 aliphatic heterocycles. The van der Waals surface area contributed by atoms with Gasteiger partial charge in [0, 0.05) is 10.1 Å². The molecule has 1 aromatic carbocycles. The summed E-state index contributed by atoms with van der Waals surface area (Å²) in [7, 11) is 0. The predicted molar refractivity (Wildman–Crippen MR) is 62.2 cm³/mol. The van der Waals surface area contributed by atoms with Crippen LogP contribution in [-0.2, 0) is 0 Å². The van der Waals surface area contributed by atoms with E-state index in [9.17, 15) is 5.11 Å². The Morgan fingerprint density at radius 1 is 1.00 bits per heavy atom. The van der Waals surface area contributed by atoms with Crippen LogP contribution in [0.5, 0.6) is 5.75 Å². The van der Waals surface area contributed by atoms with Crippen LogP contribution in [0.3, 0.4) is 0 Å². The van der Waals surface area contributed by atoms with Gasteiger partial charge >= 0.3 is 0 Å². The minimum absolute atomic E-state index is 0.0818. The fourth-order valence-electron chi connectivity index (χ4n) is 1.88. The fraction of sp³-hybridized carbons (Fsp3) is 0.500. The molecule has 1 saturated carbocycles. The van der Waals surface area contributed by atoms with Crippen molar-refractivity contribution in [3.8, 4) is 5.75 Å². The Labute approximate surface area is 94.3 Å². The lowest BCUT2D eigenvalue weighted by Crippen LogP contribution is -2.19. The fourth-order valence-corrected chi connectivity index (χ4v) is 3.07. The first-order valence-electron chi connectivity index (χ1n) is 5.38. The molecular formula is C12H16O2S. The molecule has 0 spiro atoms. The zero-order chi connectivity index (χ0) is 10.7. The van der Waals surface area contributed by atoms with Gasteiger partial charge in [-0.15, -0.1) is 11.8 Å². The van der Waals surface area contributed by atoms with E-state index in [1.54, 1.807) is 12.1 Å². The van der Waals surface area contributed by atoms with Crippen molar-refractivity contribution in [1.29, 1.82) is 0 Å². The number of phenolic OH excluding ortho intramolecular Hbond substituents is 1. The van der Waals surface area contributed by atoms with E-state index in [-0.39, 0.29) is 6.10 Å². The predicted octanol–water partition coefficient (Wildman–Crippen LogP) is 2.79. The van der Waals surface area contributed by atoms with Gasteiger partial charge in [0.1, 0.15) is 5.75 Å². The second-order valence-electron chi connectivity index (χ2n) is 4.04. The highest BCUT2D eigenvalue weighted by Gasteiger charge is 2.19. The summed E-state index contributed by atoms with van der Waals surface area (Å²) in [6.45, 7) is 0. The van der Waals surface area contributed by atoms with Crippen molar-refractivity contribution >= 4 is 11.8 Å². The van der Waals surface area contributed by atoms with Crippen molar-refractivity contribution in [2.45, 2.75) is 41.9 Å². The van der Waals surface area contributed by atoms with Gasteiger partial charge in [-0.2, -0.15) is 0 Å². The van der Waals surface area contributed by atoms with Gasteiger partial charge in [-0.25, -0.2) is 0 Å². The molecule has 0 aromatic heterocycles. The van der Waals surface area contributed by atoms with Gasteiger partial charge in [0.2, 0.25) is 0 Å². The smallest absolute Gasteiger partial charge is 0.115 e. The van der Waals surface area contributed by atoms with Crippen LogP contribution in [0, 0.1) is 0 Å². The average molecular weight is 224 g/mol. The normalized spacial score (nSPS) is 26.5. The molecule has 1 aromatic rings. The maximum absolute atomic E-state index is 9.39. The molecule has 1 aliphatic carbocycles. The SMILES string of the molecule is Oc1ccc(SC2CCC(O)CC2)cc1. The molecule has 0 radical (unpaired) electrons. The van der Waals surface area contributed by atoms with Gasteiger partial charge in [0.25, 0.3) is 0 Å². The first-order chi connectivity index (χ1) is 7.24. The maximum atomic E-state index is 9.39. The topological polar surface area (TPSA) is 40.5 Å². The van der Waals surface area contributed by atoms with E-state index in [1.165, 1.54) is 4.90 Å². The quantitative estimate of drug-likeness (QED) is 0.811. The first kappa shape index (κ1) is 10.8. The summed E-state index contributed by atoms with van der Waals surface area (Å²) in [5.74, 6) is 0.318. The van der Waals surface area contributed by atoms with Crippen molar-refractivity contribution in [2.24, 2.45) is 0 Å². The molecule has 0 atom stereocenters. The second-order valence-corrected chi connectivity index (χ2v) is 5.42. The monoisotopic (exact) mass is 224 g/mol. The van der Waals surface area contributed by atoms with Crippen LogP contribution in [0.15, 0.2) is 29.2 Å². The van der Waals surface area contributed by atoms with Gasteiger partial charge in [-0.05, 0) is 49.9 Å². The highest BCUT2D eigenvalue weighted by atomic mass is 32.2. The number of aliphatic hydroxyl groups is 1. The summed E-state index contributed by atoms with van der Waals surface area (Å²) in [5.41, 5.74) is 0. The van der Waals surface area contributed by atoms with Gasteiger partial charge in [0.15, 0.2) is 0 Å². The highest BCUT2D eigenvalue weighted by Crippen LogP contribution is 2.34. The van der Waals surface area contributed by atoms with Crippen LogP contribution in [0.4, 0.5) is 0 Å². The van der Waals surface area contributed by atoms with Crippen LogP contribution in [0.2, 0.25) is 0 Å². The number of hydrogen-bond donors (Lipinski definition) is 2. The first-order valence-corrected chi connectivity index (χ1v) is 6.26. The molecule has 1 aliphatic rings. The Hall–Kier alpha value is -0.670. The lowest BCUT2D eigenvalue weighted by Gasteiger charge is -2.24. The number of thioether (sulfide) groups is 1. The molecule has 0 bridgehead atoms. The highest BCUT2D eigenvalue weighted by molar-refractivity contribution is 8.00. The summed E-state index contributed by atoms with van der Waals surface area (Å²) in [4.78, 5) is 1.20. The lowest BCUT2D eigenvalue weighted by molar-refractivity contribution is 0.132. The van der Waals surface area contributed by atoms with Gasteiger partial charge in [-0.1, -0.05) is 0 Å². The summed E-state index contributed by atoms with van der Waals surface area (Å²) in [6.07, 6.45) is 3.95.